The second-order valence-electron chi connectivity index (χ2n) is 5.42. The Balaban J connectivity index is 2.11. The van der Waals surface area contributed by atoms with Crippen molar-refractivity contribution in [1.29, 1.82) is 0 Å². The molecule has 20 heavy (non-hydrogen) atoms. The van der Waals surface area contributed by atoms with Gasteiger partial charge in [-0.3, -0.25) is 4.79 Å². The molecule has 0 spiro atoms. The largest absolute Gasteiger partial charge is 0.508 e. The molecule has 6 heteroatoms. The Hall–Kier alpha value is -1.82. The first-order chi connectivity index (χ1) is 9.33. The van der Waals surface area contributed by atoms with Gasteiger partial charge in [0.05, 0.1) is 10.6 Å². The number of hydrogen-bond donors (Lipinski definition) is 3. The van der Waals surface area contributed by atoms with Crippen molar-refractivity contribution in [1.82, 2.24) is 4.90 Å². The Morgan fingerprint density at radius 2 is 1.95 bits per heavy atom. The zero-order valence-electron chi connectivity index (χ0n) is 11.3. The van der Waals surface area contributed by atoms with Gasteiger partial charge in [0.15, 0.2) is 0 Å². The molecule has 0 aliphatic carbocycles. The summed E-state index contributed by atoms with van der Waals surface area (Å²) in [5.74, 6) is -0.524. The first-order valence-corrected chi connectivity index (χ1v) is 6.85. The van der Waals surface area contributed by atoms with Crippen LogP contribution in [-0.2, 0) is 0 Å². The van der Waals surface area contributed by atoms with Crippen LogP contribution >= 0.6 is 12.2 Å². The number of phenolic OH excluding ortho intramolecular Hbond substituents is 2. The Morgan fingerprint density at radius 1 is 1.35 bits per heavy atom. The van der Waals surface area contributed by atoms with E-state index in [1.165, 1.54) is 12.1 Å². The molecule has 1 saturated heterocycles. The van der Waals surface area contributed by atoms with Crippen LogP contribution in [0.1, 0.15) is 30.1 Å². The van der Waals surface area contributed by atoms with Gasteiger partial charge in [-0.15, -0.1) is 0 Å². The number of thiocarbonyl (C=S) groups is 1. The quantitative estimate of drug-likeness (QED) is 0.722. The topological polar surface area (TPSA) is 86.8 Å². The summed E-state index contributed by atoms with van der Waals surface area (Å²) in [4.78, 5) is 14.5. The van der Waals surface area contributed by atoms with Crippen LogP contribution in [0, 0.1) is 5.41 Å². The van der Waals surface area contributed by atoms with Gasteiger partial charge in [0.25, 0.3) is 5.91 Å². The number of phenols is 2. The summed E-state index contributed by atoms with van der Waals surface area (Å²) in [6.45, 7) is 3.11. The van der Waals surface area contributed by atoms with Gasteiger partial charge >= 0.3 is 0 Å². The average molecular weight is 294 g/mol. The van der Waals surface area contributed by atoms with E-state index < -0.39 is 0 Å². The maximum atomic E-state index is 12.3. The summed E-state index contributed by atoms with van der Waals surface area (Å²) in [6, 6.07) is 3.97. The van der Waals surface area contributed by atoms with Gasteiger partial charge in [0.1, 0.15) is 11.5 Å². The van der Waals surface area contributed by atoms with Crippen molar-refractivity contribution >= 4 is 23.1 Å². The number of benzene rings is 1. The summed E-state index contributed by atoms with van der Waals surface area (Å²) in [6.07, 6.45) is 1.43. The summed E-state index contributed by atoms with van der Waals surface area (Å²) in [7, 11) is 0. The highest BCUT2D eigenvalue weighted by molar-refractivity contribution is 7.80. The average Bonchev–Trinajstić information content (AvgIpc) is 2.38. The van der Waals surface area contributed by atoms with Gasteiger partial charge in [-0.05, 0) is 25.0 Å². The van der Waals surface area contributed by atoms with Crippen LogP contribution in [-0.4, -0.2) is 39.1 Å². The molecule has 1 fully saturated rings. The second-order valence-corrected chi connectivity index (χ2v) is 5.86. The first-order valence-electron chi connectivity index (χ1n) is 6.45. The van der Waals surface area contributed by atoms with E-state index in [9.17, 15) is 15.0 Å². The van der Waals surface area contributed by atoms with Crippen molar-refractivity contribution in [2.45, 2.75) is 19.8 Å². The Bertz CT molecular complexity index is 551. The molecular weight excluding hydrogens is 276 g/mol. The molecule has 1 aliphatic heterocycles. The number of nitrogens with two attached hydrogens (primary N) is 1. The molecule has 1 heterocycles. The van der Waals surface area contributed by atoms with Crippen molar-refractivity contribution in [2.24, 2.45) is 11.1 Å². The van der Waals surface area contributed by atoms with Crippen LogP contribution in [0.2, 0.25) is 0 Å². The molecule has 1 aromatic carbocycles. The minimum Gasteiger partial charge on any atom is -0.508 e. The number of hydrogen-bond acceptors (Lipinski definition) is 4. The molecule has 0 bridgehead atoms. The van der Waals surface area contributed by atoms with Gasteiger partial charge in [-0.25, -0.2) is 0 Å². The fourth-order valence-electron chi connectivity index (χ4n) is 2.32. The summed E-state index contributed by atoms with van der Waals surface area (Å²) in [5.41, 5.74) is 5.73. The Morgan fingerprint density at radius 3 is 2.45 bits per heavy atom. The molecule has 0 aromatic heterocycles. The number of rotatable bonds is 2. The van der Waals surface area contributed by atoms with Crippen molar-refractivity contribution in [3.63, 3.8) is 0 Å². The number of carbonyl (C=O) groups is 1. The lowest BCUT2D eigenvalue weighted by atomic mass is 9.80. The maximum absolute atomic E-state index is 12.3. The zero-order chi connectivity index (χ0) is 14.9. The smallest absolute Gasteiger partial charge is 0.257 e. The van der Waals surface area contributed by atoms with E-state index in [1.54, 1.807) is 4.90 Å². The lowest BCUT2D eigenvalue weighted by Crippen LogP contribution is -2.46. The van der Waals surface area contributed by atoms with E-state index in [4.69, 9.17) is 18.0 Å². The molecule has 4 N–H and O–H groups in total. The van der Waals surface area contributed by atoms with Crippen LogP contribution in [0.4, 0.5) is 0 Å². The van der Waals surface area contributed by atoms with Crippen LogP contribution in [0.25, 0.3) is 0 Å². The number of amides is 1. The number of piperidine rings is 1. The minimum absolute atomic E-state index is 0.0706. The molecular formula is C14H18N2O3S. The third-order valence-electron chi connectivity index (χ3n) is 3.96. The predicted octanol–water partition coefficient (Wildman–Crippen LogP) is 1.63. The van der Waals surface area contributed by atoms with Crippen LogP contribution in [0.3, 0.4) is 0 Å². The van der Waals surface area contributed by atoms with E-state index in [1.807, 2.05) is 6.92 Å². The third kappa shape index (κ3) is 2.70. The fourth-order valence-corrected chi connectivity index (χ4v) is 2.53. The molecule has 5 nitrogen and oxygen atoms in total. The third-order valence-corrected chi connectivity index (χ3v) is 4.45. The van der Waals surface area contributed by atoms with Crippen LogP contribution in [0.5, 0.6) is 11.5 Å². The molecule has 108 valence electrons. The van der Waals surface area contributed by atoms with Crippen molar-refractivity contribution in [3.05, 3.63) is 23.8 Å². The lowest BCUT2D eigenvalue weighted by molar-refractivity contribution is 0.0667. The van der Waals surface area contributed by atoms with Crippen molar-refractivity contribution in [3.8, 4) is 11.5 Å². The maximum Gasteiger partial charge on any atom is 0.257 e. The number of likely N-dealkylation sites (tertiary alicyclic amines) is 1. The van der Waals surface area contributed by atoms with E-state index in [0.29, 0.717) is 30.9 Å². The minimum atomic E-state index is -0.243. The van der Waals surface area contributed by atoms with Gasteiger partial charge < -0.3 is 20.8 Å². The molecule has 0 atom stereocenters. The molecule has 1 aliphatic rings. The SMILES string of the molecule is CC1(C(N)=S)CCN(C(=O)c2ccc(O)cc2O)CC1. The van der Waals surface area contributed by atoms with Gasteiger partial charge in [0, 0.05) is 24.6 Å². The first kappa shape index (κ1) is 14.6. The highest BCUT2D eigenvalue weighted by atomic mass is 32.1. The number of nitrogens with zero attached hydrogens (tertiary/aromatic N) is 1. The summed E-state index contributed by atoms with van der Waals surface area (Å²) >= 11 is 5.07. The van der Waals surface area contributed by atoms with Gasteiger partial charge in [-0.2, -0.15) is 0 Å². The van der Waals surface area contributed by atoms with Crippen molar-refractivity contribution < 1.29 is 15.0 Å². The summed E-state index contributed by atoms with van der Waals surface area (Å²) in [5, 5.41) is 19.0. The van der Waals surface area contributed by atoms with Crippen molar-refractivity contribution in [2.75, 3.05) is 13.1 Å². The van der Waals surface area contributed by atoms with E-state index in [-0.39, 0.29) is 28.4 Å². The predicted molar refractivity (Wildman–Crippen MR) is 79.8 cm³/mol. The molecule has 2 rings (SSSR count). The highest BCUT2D eigenvalue weighted by Gasteiger charge is 2.34. The Kier molecular flexibility index (Phi) is 3.85. The van der Waals surface area contributed by atoms with E-state index >= 15 is 0 Å². The standard InChI is InChI=1S/C14H18N2O3S/c1-14(13(15)20)4-6-16(7-5-14)12(19)10-3-2-9(17)8-11(10)18/h2-3,8,17-18H,4-7H2,1H3,(H2,15,20). The fraction of sp³-hybridized carbons (Fsp3) is 0.429. The van der Waals surface area contributed by atoms with E-state index in [2.05, 4.69) is 0 Å². The molecule has 0 radical (unpaired) electrons. The van der Waals surface area contributed by atoms with Crippen LogP contribution < -0.4 is 5.73 Å². The number of carbonyl (C=O) groups excluding carboxylic acids is 1. The van der Waals surface area contributed by atoms with Gasteiger partial charge in [-0.1, -0.05) is 19.1 Å². The highest BCUT2D eigenvalue weighted by Crippen LogP contribution is 2.32. The Labute approximate surface area is 123 Å². The molecule has 1 amide bonds. The molecule has 0 saturated carbocycles. The normalized spacial score (nSPS) is 17.8. The van der Waals surface area contributed by atoms with Gasteiger partial charge in [0.2, 0.25) is 0 Å². The summed E-state index contributed by atoms with van der Waals surface area (Å²) < 4.78 is 0. The lowest BCUT2D eigenvalue weighted by Gasteiger charge is -2.38. The zero-order valence-corrected chi connectivity index (χ0v) is 12.1. The number of aromatic hydroxyl groups is 2. The van der Waals surface area contributed by atoms with E-state index in [0.717, 1.165) is 6.07 Å². The molecule has 0 unspecified atom stereocenters. The molecule has 1 aromatic rings. The van der Waals surface area contributed by atoms with Crippen LogP contribution in [0.15, 0.2) is 18.2 Å². The second kappa shape index (κ2) is 5.28. The monoisotopic (exact) mass is 294 g/mol.